The summed E-state index contributed by atoms with van der Waals surface area (Å²) in [5, 5.41) is 0. The maximum atomic E-state index is 12.6. The lowest BCUT2D eigenvalue weighted by Crippen LogP contribution is -2.38. The van der Waals surface area contributed by atoms with Crippen LogP contribution >= 0.6 is 0 Å². The predicted molar refractivity (Wildman–Crippen MR) is 86.2 cm³/mol. The van der Waals surface area contributed by atoms with E-state index in [1.165, 1.54) is 31.4 Å². The number of hydrogen-bond acceptors (Lipinski definition) is 3. The number of carbonyl (C=O) groups excluding carboxylic acids is 1. The van der Waals surface area contributed by atoms with Gasteiger partial charge in [-0.3, -0.25) is 4.79 Å². The summed E-state index contributed by atoms with van der Waals surface area (Å²) in [6.45, 7) is -2.56. The summed E-state index contributed by atoms with van der Waals surface area (Å²) in [6.07, 6.45) is -1.11. The molecule has 26 heavy (non-hydrogen) atoms. The van der Waals surface area contributed by atoms with Crippen LogP contribution in [0.1, 0.15) is 25.3 Å². The molecule has 1 amide bonds. The number of ether oxygens (including phenoxy) is 2. The van der Waals surface area contributed by atoms with Crippen LogP contribution in [-0.4, -0.2) is 43.8 Å². The van der Waals surface area contributed by atoms with Crippen LogP contribution in [0.5, 0.6) is 11.5 Å². The van der Waals surface area contributed by atoms with Gasteiger partial charge in [0.1, 0.15) is 6.54 Å². The minimum atomic E-state index is -4.49. The number of amides is 1. The predicted octanol–water partition coefficient (Wildman–Crippen LogP) is 4.50. The normalized spacial score (nSPS) is 11.8. The van der Waals surface area contributed by atoms with Crippen molar-refractivity contribution in [1.29, 1.82) is 0 Å². The molecule has 0 spiro atoms. The molecular weight excluding hydrogens is 361 g/mol. The van der Waals surface area contributed by atoms with E-state index in [1.807, 2.05) is 0 Å². The van der Waals surface area contributed by atoms with E-state index in [0.29, 0.717) is 23.3 Å². The zero-order valence-corrected chi connectivity index (χ0v) is 14.4. The fourth-order valence-electron chi connectivity index (χ4n) is 2.09. The minimum Gasteiger partial charge on any atom is -0.493 e. The van der Waals surface area contributed by atoms with Crippen molar-refractivity contribution in [3.05, 3.63) is 29.8 Å². The Balaban J connectivity index is 2.90. The minimum absolute atomic E-state index is 0.0102. The van der Waals surface area contributed by atoms with Gasteiger partial charge in [-0.05, 0) is 30.2 Å². The van der Waals surface area contributed by atoms with Crippen molar-refractivity contribution < 1.29 is 36.2 Å². The van der Waals surface area contributed by atoms with Crippen LogP contribution in [-0.2, 0) is 4.79 Å². The topological polar surface area (TPSA) is 38.8 Å². The largest absolute Gasteiger partial charge is 0.493 e. The van der Waals surface area contributed by atoms with Crippen molar-refractivity contribution >= 4 is 12.0 Å². The standard InChI is InChI=1S/C17H20F5NO3/c1-3-4-9-23(11-17(20,21)22)15(24)8-6-12-5-7-13(26-16(18)19)14(10-12)25-2/h5-8,10,16H,3-4,9,11H2,1-2H3/b8-6+. The van der Waals surface area contributed by atoms with Crippen molar-refractivity contribution in [2.24, 2.45) is 0 Å². The zero-order valence-electron chi connectivity index (χ0n) is 14.4. The van der Waals surface area contributed by atoms with E-state index < -0.39 is 25.2 Å². The molecule has 0 unspecified atom stereocenters. The fourth-order valence-corrected chi connectivity index (χ4v) is 2.09. The Kier molecular flexibility index (Phi) is 8.34. The second-order valence-corrected chi connectivity index (χ2v) is 5.35. The molecule has 146 valence electrons. The first kappa shape index (κ1) is 21.7. The highest BCUT2D eigenvalue weighted by Gasteiger charge is 2.32. The van der Waals surface area contributed by atoms with Gasteiger partial charge in [0.05, 0.1) is 7.11 Å². The van der Waals surface area contributed by atoms with Gasteiger partial charge < -0.3 is 14.4 Å². The molecule has 0 saturated heterocycles. The van der Waals surface area contributed by atoms with Gasteiger partial charge in [0.15, 0.2) is 11.5 Å². The average molecular weight is 381 g/mol. The molecule has 1 rings (SSSR count). The molecule has 0 aliphatic carbocycles. The van der Waals surface area contributed by atoms with Crippen molar-refractivity contribution in [1.82, 2.24) is 4.90 Å². The molecule has 0 saturated carbocycles. The summed E-state index contributed by atoms with van der Waals surface area (Å²) in [6, 6.07) is 3.94. The van der Waals surface area contributed by atoms with Crippen LogP contribution in [0.4, 0.5) is 22.0 Å². The van der Waals surface area contributed by atoms with E-state index >= 15 is 0 Å². The number of hydrogen-bond donors (Lipinski definition) is 0. The number of halogens is 5. The summed E-state index contributed by atoms with van der Waals surface area (Å²) >= 11 is 0. The Morgan fingerprint density at radius 3 is 2.50 bits per heavy atom. The molecule has 1 aromatic carbocycles. The average Bonchev–Trinajstić information content (AvgIpc) is 2.55. The van der Waals surface area contributed by atoms with E-state index in [1.54, 1.807) is 6.92 Å². The molecular formula is C17H20F5NO3. The molecule has 0 bridgehead atoms. The van der Waals surface area contributed by atoms with Crippen LogP contribution < -0.4 is 9.47 Å². The Labute approximate surface area is 148 Å². The maximum absolute atomic E-state index is 12.6. The molecule has 0 atom stereocenters. The monoisotopic (exact) mass is 381 g/mol. The number of benzene rings is 1. The Morgan fingerprint density at radius 2 is 1.96 bits per heavy atom. The third-order valence-corrected chi connectivity index (χ3v) is 3.29. The summed E-state index contributed by atoms with van der Waals surface area (Å²) in [5.74, 6) is -0.965. The van der Waals surface area contributed by atoms with E-state index in [2.05, 4.69) is 4.74 Å². The van der Waals surface area contributed by atoms with Crippen molar-refractivity contribution in [3.63, 3.8) is 0 Å². The van der Waals surface area contributed by atoms with E-state index in [9.17, 15) is 26.7 Å². The molecule has 1 aromatic rings. The number of methoxy groups -OCH3 is 1. The summed E-state index contributed by atoms with van der Waals surface area (Å²) < 4.78 is 71.5. The lowest BCUT2D eigenvalue weighted by molar-refractivity contribution is -0.158. The van der Waals surface area contributed by atoms with Gasteiger partial charge in [0.2, 0.25) is 5.91 Å². The highest BCUT2D eigenvalue weighted by molar-refractivity contribution is 5.91. The van der Waals surface area contributed by atoms with Gasteiger partial charge in [-0.1, -0.05) is 19.4 Å². The van der Waals surface area contributed by atoms with Gasteiger partial charge in [-0.25, -0.2) is 0 Å². The van der Waals surface area contributed by atoms with Gasteiger partial charge in [-0.2, -0.15) is 22.0 Å². The molecule has 0 N–H and O–H groups in total. The third-order valence-electron chi connectivity index (χ3n) is 3.29. The second kappa shape index (κ2) is 9.98. The van der Waals surface area contributed by atoms with Crippen LogP contribution in [0.25, 0.3) is 6.08 Å². The zero-order chi connectivity index (χ0) is 19.7. The van der Waals surface area contributed by atoms with Crippen LogP contribution in [0.2, 0.25) is 0 Å². The Bertz CT molecular complexity index is 617. The number of unbranched alkanes of at least 4 members (excludes halogenated alkanes) is 1. The van der Waals surface area contributed by atoms with Crippen molar-refractivity contribution in [2.75, 3.05) is 20.2 Å². The molecule has 9 heteroatoms. The first-order chi connectivity index (χ1) is 12.2. The van der Waals surface area contributed by atoms with Gasteiger partial charge in [0.25, 0.3) is 0 Å². The lowest BCUT2D eigenvalue weighted by Gasteiger charge is -2.22. The SMILES string of the molecule is CCCCN(CC(F)(F)F)C(=O)/C=C/c1ccc(OC(F)F)c(OC)c1. The Hall–Kier alpha value is -2.32. The first-order valence-corrected chi connectivity index (χ1v) is 7.83. The van der Waals surface area contributed by atoms with Crippen LogP contribution in [0.3, 0.4) is 0 Å². The fraction of sp³-hybridized carbons (Fsp3) is 0.471. The Morgan fingerprint density at radius 1 is 1.27 bits per heavy atom. The molecule has 4 nitrogen and oxygen atoms in total. The highest BCUT2D eigenvalue weighted by atomic mass is 19.4. The molecule has 0 aliphatic rings. The summed E-state index contributed by atoms with van der Waals surface area (Å²) in [7, 11) is 1.25. The number of rotatable bonds is 9. The van der Waals surface area contributed by atoms with E-state index in [0.717, 1.165) is 6.08 Å². The smallest absolute Gasteiger partial charge is 0.406 e. The van der Waals surface area contributed by atoms with Crippen LogP contribution in [0, 0.1) is 0 Å². The molecule has 0 fully saturated rings. The first-order valence-electron chi connectivity index (χ1n) is 7.83. The van der Waals surface area contributed by atoms with E-state index in [-0.39, 0.29) is 18.0 Å². The van der Waals surface area contributed by atoms with Crippen molar-refractivity contribution in [2.45, 2.75) is 32.6 Å². The molecule has 0 aliphatic heterocycles. The highest BCUT2D eigenvalue weighted by Crippen LogP contribution is 2.30. The van der Waals surface area contributed by atoms with Crippen LogP contribution in [0.15, 0.2) is 24.3 Å². The van der Waals surface area contributed by atoms with Gasteiger partial charge in [-0.15, -0.1) is 0 Å². The molecule has 0 radical (unpaired) electrons. The number of carbonyl (C=O) groups is 1. The number of alkyl halides is 5. The molecule has 0 aromatic heterocycles. The third kappa shape index (κ3) is 7.71. The van der Waals surface area contributed by atoms with E-state index in [4.69, 9.17) is 4.74 Å². The lowest BCUT2D eigenvalue weighted by atomic mass is 10.2. The van der Waals surface area contributed by atoms with Gasteiger partial charge in [0, 0.05) is 12.6 Å². The quantitative estimate of drug-likeness (QED) is 0.467. The van der Waals surface area contributed by atoms with Gasteiger partial charge >= 0.3 is 12.8 Å². The molecule has 0 heterocycles. The van der Waals surface area contributed by atoms with Crippen molar-refractivity contribution in [3.8, 4) is 11.5 Å². The maximum Gasteiger partial charge on any atom is 0.406 e. The summed E-state index contributed by atoms with van der Waals surface area (Å²) in [5.41, 5.74) is 0.388. The second-order valence-electron chi connectivity index (χ2n) is 5.35. The number of nitrogens with zero attached hydrogens (tertiary/aromatic N) is 1. The summed E-state index contributed by atoms with van der Waals surface area (Å²) in [4.78, 5) is 12.8.